The molecule has 3 nitrogen and oxygen atoms in total. The monoisotopic (exact) mass is 147 g/mol. The van der Waals surface area contributed by atoms with Gasteiger partial charge in [0.25, 0.3) is 0 Å². The van der Waals surface area contributed by atoms with E-state index >= 15 is 0 Å². The molecule has 0 rings (SSSR count). The maximum absolute atomic E-state index is 9.48. The maximum Gasteiger partial charge on any atom is 0.419 e. The highest BCUT2D eigenvalue weighted by Crippen LogP contribution is 2.00. The SMILES string of the molecule is C[Si](C)(C)OCO[C]=O. The molecule has 0 amide bonds. The molecule has 0 atom stereocenters. The number of hydrogen-bond acceptors (Lipinski definition) is 3. The number of rotatable bonds is 4. The second kappa shape index (κ2) is 3.63. The third-order valence-corrected chi connectivity index (χ3v) is 1.59. The highest BCUT2D eigenvalue weighted by atomic mass is 28.4. The van der Waals surface area contributed by atoms with Gasteiger partial charge in [0.1, 0.15) is 0 Å². The van der Waals surface area contributed by atoms with Crippen LogP contribution in [0.3, 0.4) is 0 Å². The number of carbonyl (C=O) groups excluding carboxylic acids is 1. The molecule has 4 heteroatoms. The Labute approximate surface area is 56.1 Å². The summed E-state index contributed by atoms with van der Waals surface area (Å²) in [7, 11) is -1.50. The molecule has 0 spiro atoms. The van der Waals surface area contributed by atoms with Crippen LogP contribution in [0.4, 0.5) is 0 Å². The molecule has 9 heavy (non-hydrogen) atoms. The van der Waals surface area contributed by atoms with Gasteiger partial charge in [-0.15, -0.1) is 0 Å². The smallest absolute Gasteiger partial charge is 0.419 e. The Morgan fingerprint density at radius 2 is 2.00 bits per heavy atom. The van der Waals surface area contributed by atoms with Gasteiger partial charge in [-0.05, 0) is 19.6 Å². The van der Waals surface area contributed by atoms with Crippen molar-refractivity contribution in [1.82, 2.24) is 0 Å². The molecule has 53 valence electrons. The first-order valence-corrected chi connectivity index (χ1v) is 6.10. The molecule has 0 fully saturated rings. The van der Waals surface area contributed by atoms with Crippen molar-refractivity contribution >= 4 is 14.8 Å². The molecule has 0 N–H and O–H groups in total. The van der Waals surface area contributed by atoms with Crippen molar-refractivity contribution in [2.75, 3.05) is 6.79 Å². The van der Waals surface area contributed by atoms with Crippen LogP contribution in [0.25, 0.3) is 0 Å². The highest BCUT2D eigenvalue weighted by Gasteiger charge is 2.13. The summed E-state index contributed by atoms with van der Waals surface area (Å²) in [6, 6.07) is 0. The topological polar surface area (TPSA) is 35.5 Å². The third-order valence-electron chi connectivity index (χ3n) is 0.610. The molecular formula is C5H11O3Si. The van der Waals surface area contributed by atoms with Gasteiger partial charge in [-0.2, -0.15) is 0 Å². The molecule has 0 aliphatic heterocycles. The first-order valence-electron chi connectivity index (χ1n) is 2.69. The third kappa shape index (κ3) is 7.65. The van der Waals surface area contributed by atoms with Gasteiger partial charge in [0.15, 0.2) is 15.1 Å². The van der Waals surface area contributed by atoms with E-state index in [9.17, 15) is 4.79 Å². The van der Waals surface area contributed by atoms with E-state index in [1.54, 1.807) is 0 Å². The van der Waals surface area contributed by atoms with Gasteiger partial charge < -0.3 is 9.16 Å². The first kappa shape index (κ1) is 8.65. The lowest BCUT2D eigenvalue weighted by Crippen LogP contribution is -2.26. The lowest BCUT2D eigenvalue weighted by Gasteiger charge is -2.14. The Morgan fingerprint density at radius 3 is 2.33 bits per heavy atom. The van der Waals surface area contributed by atoms with Crippen LogP contribution in [0.5, 0.6) is 0 Å². The summed E-state index contributed by atoms with van der Waals surface area (Å²) in [6.07, 6.45) is 0. The second-order valence-corrected chi connectivity index (χ2v) is 7.12. The molecule has 0 saturated heterocycles. The molecule has 0 aliphatic carbocycles. The zero-order valence-corrected chi connectivity index (χ0v) is 6.93. The van der Waals surface area contributed by atoms with Crippen LogP contribution in [-0.2, 0) is 14.0 Å². The van der Waals surface area contributed by atoms with E-state index in [0.29, 0.717) is 0 Å². The van der Waals surface area contributed by atoms with Crippen LogP contribution in [0, 0.1) is 0 Å². The Kier molecular flexibility index (Phi) is 3.49. The average Bonchev–Trinajstić information content (AvgIpc) is 1.63. The van der Waals surface area contributed by atoms with Crippen LogP contribution in [0.1, 0.15) is 0 Å². The minimum Gasteiger partial charge on any atom is -0.431 e. The predicted molar refractivity (Wildman–Crippen MR) is 36.1 cm³/mol. The molecular weight excluding hydrogens is 136 g/mol. The van der Waals surface area contributed by atoms with Gasteiger partial charge in [0.2, 0.25) is 0 Å². The van der Waals surface area contributed by atoms with Crippen LogP contribution in [-0.4, -0.2) is 21.6 Å². The molecule has 0 saturated carbocycles. The fraction of sp³-hybridized carbons (Fsp3) is 0.800. The molecule has 0 aromatic carbocycles. The summed E-state index contributed by atoms with van der Waals surface area (Å²) in [4.78, 5) is 9.48. The van der Waals surface area contributed by atoms with E-state index in [-0.39, 0.29) is 6.79 Å². The van der Waals surface area contributed by atoms with E-state index in [0.717, 1.165) is 0 Å². The van der Waals surface area contributed by atoms with Crippen molar-refractivity contribution in [3.8, 4) is 0 Å². The van der Waals surface area contributed by atoms with Gasteiger partial charge >= 0.3 is 6.47 Å². The molecule has 1 radical (unpaired) electrons. The van der Waals surface area contributed by atoms with Gasteiger partial charge in [-0.3, -0.25) is 0 Å². The van der Waals surface area contributed by atoms with E-state index in [1.807, 2.05) is 19.6 Å². The predicted octanol–water partition coefficient (Wildman–Crippen LogP) is 0.879. The van der Waals surface area contributed by atoms with Crippen LogP contribution in [0.15, 0.2) is 0 Å². The van der Waals surface area contributed by atoms with Crippen molar-refractivity contribution in [2.24, 2.45) is 0 Å². The second-order valence-electron chi connectivity index (χ2n) is 2.60. The highest BCUT2D eigenvalue weighted by molar-refractivity contribution is 6.69. The van der Waals surface area contributed by atoms with E-state index in [4.69, 9.17) is 4.43 Å². The van der Waals surface area contributed by atoms with Gasteiger partial charge in [-0.1, -0.05) is 0 Å². The Hall–Kier alpha value is -0.353. The minimum atomic E-state index is -1.50. The molecule has 0 aromatic rings. The van der Waals surface area contributed by atoms with Crippen molar-refractivity contribution in [2.45, 2.75) is 19.6 Å². The lowest BCUT2D eigenvalue weighted by molar-refractivity contribution is 0.0986. The normalized spacial score (nSPS) is 11.0. The van der Waals surface area contributed by atoms with Crippen molar-refractivity contribution in [3.63, 3.8) is 0 Å². The standard InChI is InChI=1S/C5H11O3Si/c1-9(2,3)8-5-7-4-6/h5H2,1-3H3. The Balaban J connectivity index is 3.17. The summed E-state index contributed by atoms with van der Waals surface area (Å²) in [5.41, 5.74) is 0. The van der Waals surface area contributed by atoms with Gasteiger partial charge in [0.05, 0.1) is 0 Å². The number of hydrogen-bond donors (Lipinski definition) is 0. The molecule has 0 aromatic heterocycles. The summed E-state index contributed by atoms with van der Waals surface area (Å²) in [5, 5.41) is 0. The minimum absolute atomic E-state index is 0.0409. The molecule has 0 bridgehead atoms. The molecule has 0 unspecified atom stereocenters. The summed E-state index contributed by atoms with van der Waals surface area (Å²) >= 11 is 0. The van der Waals surface area contributed by atoms with E-state index < -0.39 is 8.32 Å². The van der Waals surface area contributed by atoms with Crippen molar-refractivity contribution < 1.29 is 14.0 Å². The quantitative estimate of drug-likeness (QED) is 0.336. The van der Waals surface area contributed by atoms with Crippen molar-refractivity contribution in [1.29, 1.82) is 0 Å². The average molecular weight is 147 g/mol. The maximum atomic E-state index is 9.48. The molecule has 0 aliphatic rings. The van der Waals surface area contributed by atoms with Crippen LogP contribution >= 0.6 is 0 Å². The molecule has 0 heterocycles. The number of ether oxygens (including phenoxy) is 1. The zero-order chi connectivity index (χ0) is 7.33. The largest absolute Gasteiger partial charge is 0.431 e. The summed E-state index contributed by atoms with van der Waals surface area (Å²) in [6.45, 7) is 7.37. The Morgan fingerprint density at radius 1 is 1.44 bits per heavy atom. The summed E-state index contributed by atoms with van der Waals surface area (Å²) in [5.74, 6) is 0. The van der Waals surface area contributed by atoms with Crippen molar-refractivity contribution in [3.05, 3.63) is 0 Å². The fourth-order valence-electron chi connectivity index (χ4n) is 0.230. The van der Waals surface area contributed by atoms with Crippen LogP contribution < -0.4 is 0 Å². The first-order chi connectivity index (χ1) is 4.06. The van der Waals surface area contributed by atoms with E-state index in [2.05, 4.69) is 4.74 Å². The van der Waals surface area contributed by atoms with E-state index in [1.165, 1.54) is 6.47 Å². The zero-order valence-electron chi connectivity index (χ0n) is 5.93. The lowest BCUT2D eigenvalue weighted by atomic mass is 11.4. The Bertz CT molecular complexity index is 86.7. The van der Waals surface area contributed by atoms with Gasteiger partial charge in [-0.25, -0.2) is 4.79 Å². The fourth-order valence-corrected chi connectivity index (χ4v) is 0.643. The van der Waals surface area contributed by atoms with Gasteiger partial charge in [0, 0.05) is 0 Å². The van der Waals surface area contributed by atoms with Crippen LogP contribution in [0.2, 0.25) is 19.6 Å². The summed E-state index contributed by atoms with van der Waals surface area (Å²) < 4.78 is 9.34.